The minimum absolute atomic E-state index is 0.0429. The zero-order valence-electron chi connectivity index (χ0n) is 15.6. The van der Waals surface area contributed by atoms with E-state index in [-0.39, 0.29) is 10.6 Å². The minimum Gasteiger partial charge on any atom is -0.478 e. The summed E-state index contributed by atoms with van der Waals surface area (Å²) in [5, 5.41) is 10.0. The number of aromatic nitrogens is 2. The lowest BCUT2D eigenvalue weighted by molar-refractivity contribution is 0.0696. The normalized spacial score (nSPS) is 11.2. The standard InChI is InChI=1S/C22H16ClFN2O2S/c1-12-8-15(11-25-10-12)26-13(2)21(17-6-7-18(23)19(24)20(17)26)29-16-5-3-4-14(9-16)22(27)28/h3-11H,1-2H3,(H,27,28). The molecule has 2 heterocycles. The lowest BCUT2D eigenvalue weighted by Crippen LogP contribution is -1.99. The van der Waals surface area contributed by atoms with Gasteiger partial charge in [0, 0.05) is 27.1 Å². The van der Waals surface area contributed by atoms with Gasteiger partial charge in [0.15, 0.2) is 5.82 Å². The fraction of sp³-hybridized carbons (Fsp3) is 0.0909. The van der Waals surface area contributed by atoms with Gasteiger partial charge in [0.1, 0.15) is 0 Å². The predicted octanol–water partition coefficient (Wildman–Crippen LogP) is 6.28. The Morgan fingerprint density at radius 1 is 1.17 bits per heavy atom. The first-order valence-electron chi connectivity index (χ1n) is 8.79. The molecular weight excluding hydrogens is 411 g/mol. The molecule has 0 unspecified atom stereocenters. The lowest BCUT2D eigenvalue weighted by Gasteiger charge is -2.10. The van der Waals surface area contributed by atoms with Crippen LogP contribution in [-0.4, -0.2) is 20.6 Å². The molecule has 7 heteroatoms. The molecule has 0 saturated heterocycles. The van der Waals surface area contributed by atoms with E-state index in [0.717, 1.165) is 26.7 Å². The van der Waals surface area contributed by atoms with Crippen molar-refractivity contribution in [2.75, 3.05) is 0 Å². The average molecular weight is 427 g/mol. The van der Waals surface area contributed by atoms with Crippen molar-refractivity contribution in [1.29, 1.82) is 0 Å². The highest BCUT2D eigenvalue weighted by Crippen LogP contribution is 2.41. The van der Waals surface area contributed by atoms with Gasteiger partial charge in [-0.15, -0.1) is 0 Å². The first kappa shape index (κ1) is 19.5. The molecular formula is C22H16ClFN2O2S. The molecule has 29 heavy (non-hydrogen) atoms. The van der Waals surface area contributed by atoms with Gasteiger partial charge in [-0.1, -0.05) is 29.4 Å². The Bertz CT molecular complexity index is 1270. The number of halogens is 2. The SMILES string of the molecule is Cc1cncc(-n2c(C)c(Sc3cccc(C(=O)O)c3)c3ccc(Cl)c(F)c32)c1. The van der Waals surface area contributed by atoms with E-state index in [1.165, 1.54) is 17.8 Å². The van der Waals surface area contributed by atoms with Crippen LogP contribution >= 0.6 is 23.4 Å². The molecule has 2 aromatic heterocycles. The largest absolute Gasteiger partial charge is 0.478 e. The van der Waals surface area contributed by atoms with Crippen LogP contribution in [0.15, 0.2) is 64.6 Å². The fourth-order valence-corrected chi connectivity index (χ4v) is 4.56. The molecule has 0 aliphatic heterocycles. The van der Waals surface area contributed by atoms with Crippen molar-refractivity contribution >= 4 is 40.2 Å². The van der Waals surface area contributed by atoms with Crippen molar-refractivity contribution in [3.63, 3.8) is 0 Å². The van der Waals surface area contributed by atoms with Crippen molar-refractivity contribution in [3.8, 4) is 5.69 Å². The van der Waals surface area contributed by atoms with Gasteiger partial charge in [0.05, 0.1) is 28.0 Å². The summed E-state index contributed by atoms with van der Waals surface area (Å²) >= 11 is 7.47. The smallest absolute Gasteiger partial charge is 0.335 e. The van der Waals surface area contributed by atoms with E-state index in [1.807, 2.05) is 26.0 Å². The molecule has 4 nitrogen and oxygen atoms in total. The summed E-state index contributed by atoms with van der Waals surface area (Å²) in [5.41, 5.74) is 3.08. The molecule has 4 rings (SSSR count). The number of hydrogen-bond acceptors (Lipinski definition) is 3. The van der Waals surface area contributed by atoms with E-state index < -0.39 is 11.8 Å². The number of carboxylic acid groups (broad SMARTS) is 1. The van der Waals surface area contributed by atoms with Crippen molar-refractivity contribution in [2.45, 2.75) is 23.6 Å². The van der Waals surface area contributed by atoms with E-state index in [9.17, 15) is 9.90 Å². The van der Waals surface area contributed by atoms with Gasteiger partial charge in [-0.2, -0.15) is 0 Å². The first-order chi connectivity index (χ1) is 13.9. The minimum atomic E-state index is -0.990. The molecule has 0 saturated carbocycles. The number of benzene rings is 2. The Morgan fingerprint density at radius 2 is 1.97 bits per heavy atom. The Morgan fingerprint density at radius 3 is 2.69 bits per heavy atom. The second-order valence-electron chi connectivity index (χ2n) is 6.66. The van der Waals surface area contributed by atoms with Crippen molar-refractivity contribution < 1.29 is 14.3 Å². The molecule has 0 spiro atoms. The van der Waals surface area contributed by atoms with Gasteiger partial charge in [-0.05, 0) is 55.8 Å². The number of pyridine rings is 1. The summed E-state index contributed by atoms with van der Waals surface area (Å²) < 4.78 is 16.9. The molecule has 0 aliphatic rings. The molecule has 0 bridgehead atoms. The second kappa shape index (κ2) is 7.54. The maximum Gasteiger partial charge on any atom is 0.335 e. The van der Waals surface area contributed by atoms with Gasteiger partial charge in [0.2, 0.25) is 0 Å². The van der Waals surface area contributed by atoms with Crippen LogP contribution in [0.5, 0.6) is 0 Å². The molecule has 0 radical (unpaired) electrons. The quantitative estimate of drug-likeness (QED) is 0.417. The molecule has 4 aromatic rings. The van der Waals surface area contributed by atoms with Crippen LogP contribution in [0.25, 0.3) is 16.6 Å². The van der Waals surface area contributed by atoms with Crippen LogP contribution in [0.3, 0.4) is 0 Å². The molecule has 0 atom stereocenters. The molecule has 0 aliphatic carbocycles. The van der Waals surface area contributed by atoms with E-state index >= 15 is 4.39 Å². The van der Waals surface area contributed by atoms with Crippen LogP contribution in [-0.2, 0) is 0 Å². The monoisotopic (exact) mass is 426 g/mol. The average Bonchev–Trinajstić information content (AvgIpc) is 2.97. The Hall–Kier alpha value is -2.83. The lowest BCUT2D eigenvalue weighted by atomic mass is 10.2. The zero-order valence-corrected chi connectivity index (χ0v) is 17.2. The van der Waals surface area contributed by atoms with Crippen molar-refractivity contribution in [1.82, 2.24) is 9.55 Å². The summed E-state index contributed by atoms with van der Waals surface area (Å²) in [6, 6.07) is 11.9. The Balaban J connectivity index is 1.96. The van der Waals surface area contributed by atoms with Crippen LogP contribution in [0.1, 0.15) is 21.6 Å². The predicted molar refractivity (Wildman–Crippen MR) is 113 cm³/mol. The summed E-state index contributed by atoms with van der Waals surface area (Å²) in [7, 11) is 0. The number of carbonyl (C=O) groups is 1. The second-order valence-corrected chi connectivity index (χ2v) is 8.15. The fourth-order valence-electron chi connectivity index (χ4n) is 3.33. The number of nitrogens with zero attached hydrogens (tertiary/aromatic N) is 2. The van der Waals surface area contributed by atoms with E-state index in [0.29, 0.717) is 10.9 Å². The molecule has 0 fully saturated rings. The Labute approximate surface area is 176 Å². The third kappa shape index (κ3) is 3.50. The zero-order chi connectivity index (χ0) is 20.7. The maximum absolute atomic E-state index is 15.1. The molecule has 146 valence electrons. The summed E-state index contributed by atoms with van der Waals surface area (Å²) in [6.07, 6.45) is 3.42. The number of hydrogen-bond donors (Lipinski definition) is 1. The topological polar surface area (TPSA) is 55.1 Å². The summed E-state index contributed by atoms with van der Waals surface area (Å²) in [6.45, 7) is 3.83. The number of aryl methyl sites for hydroxylation is 1. The van der Waals surface area contributed by atoms with Gasteiger partial charge in [-0.25, -0.2) is 9.18 Å². The van der Waals surface area contributed by atoms with Crippen LogP contribution < -0.4 is 0 Å². The van der Waals surface area contributed by atoms with Crippen LogP contribution in [0.2, 0.25) is 5.02 Å². The highest BCUT2D eigenvalue weighted by atomic mass is 35.5. The number of carboxylic acids is 1. The highest BCUT2D eigenvalue weighted by Gasteiger charge is 2.21. The number of aromatic carboxylic acids is 1. The van der Waals surface area contributed by atoms with E-state index in [2.05, 4.69) is 4.98 Å². The van der Waals surface area contributed by atoms with Crippen LogP contribution in [0.4, 0.5) is 4.39 Å². The third-order valence-electron chi connectivity index (χ3n) is 4.62. The molecule has 1 N–H and O–H groups in total. The van der Waals surface area contributed by atoms with Crippen LogP contribution in [0, 0.1) is 19.7 Å². The van der Waals surface area contributed by atoms with Crippen molar-refractivity contribution in [3.05, 3.63) is 82.5 Å². The summed E-state index contributed by atoms with van der Waals surface area (Å²) in [5.74, 6) is -1.49. The Kier molecular flexibility index (Phi) is 5.06. The highest BCUT2D eigenvalue weighted by molar-refractivity contribution is 7.99. The maximum atomic E-state index is 15.1. The van der Waals surface area contributed by atoms with E-state index in [1.54, 1.807) is 41.2 Å². The van der Waals surface area contributed by atoms with Gasteiger partial charge >= 0.3 is 5.97 Å². The third-order valence-corrected chi connectivity index (χ3v) is 6.12. The number of rotatable bonds is 4. The first-order valence-corrected chi connectivity index (χ1v) is 9.98. The van der Waals surface area contributed by atoms with Gasteiger partial charge < -0.3 is 9.67 Å². The van der Waals surface area contributed by atoms with Gasteiger partial charge in [-0.3, -0.25) is 4.98 Å². The van der Waals surface area contributed by atoms with Gasteiger partial charge in [0.25, 0.3) is 0 Å². The molecule has 0 amide bonds. The van der Waals surface area contributed by atoms with Crippen molar-refractivity contribution in [2.24, 2.45) is 0 Å². The summed E-state index contributed by atoms with van der Waals surface area (Å²) in [4.78, 5) is 17.1. The molecule has 2 aromatic carbocycles. The van der Waals surface area contributed by atoms with E-state index in [4.69, 9.17) is 11.6 Å². The number of fused-ring (bicyclic) bond motifs is 1.